The van der Waals surface area contributed by atoms with Crippen LogP contribution in [0.25, 0.3) is 6.08 Å². The average molecular weight is 280 g/mol. The van der Waals surface area contributed by atoms with Crippen LogP contribution in [0.5, 0.6) is 0 Å². The normalized spacial score (nSPS) is 18.3. The van der Waals surface area contributed by atoms with Crippen molar-refractivity contribution in [3.8, 4) is 0 Å². The van der Waals surface area contributed by atoms with Gasteiger partial charge in [0.05, 0.1) is 0 Å². The molecular weight excluding hydrogens is 264 g/mol. The molecule has 0 spiro atoms. The monoisotopic (exact) mass is 280 g/mol. The van der Waals surface area contributed by atoms with E-state index in [0.29, 0.717) is 0 Å². The van der Waals surface area contributed by atoms with Crippen LogP contribution in [0.3, 0.4) is 0 Å². The molecule has 0 bridgehead atoms. The molecule has 0 aromatic heterocycles. The zero-order chi connectivity index (χ0) is 15.4. The Kier molecular flexibility index (Phi) is 4.43. The summed E-state index contributed by atoms with van der Waals surface area (Å²) in [5, 5.41) is 0. The second-order valence-electron chi connectivity index (χ2n) is 5.05. The lowest BCUT2D eigenvalue weighted by atomic mass is 9.95. The van der Waals surface area contributed by atoms with Crippen molar-refractivity contribution in [2.24, 2.45) is 5.92 Å². The third-order valence-electron chi connectivity index (χ3n) is 3.35. The van der Waals surface area contributed by atoms with E-state index in [4.69, 9.17) is 0 Å². The van der Waals surface area contributed by atoms with Crippen molar-refractivity contribution in [2.75, 3.05) is 0 Å². The molecule has 3 nitrogen and oxygen atoms in total. The van der Waals surface area contributed by atoms with Crippen LogP contribution < -0.4 is 0 Å². The van der Waals surface area contributed by atoms with Crippen LogP contribution in [0.2, 0.25) is 0 Å². The summed E-state index contributed by atoms with van der Waals surface area (Å²) >= 11 is 0. The molecule has 1 atom stereocenters. The molecule has 3 heteroatoms. The first-order chi connectivity index (χ1) is 9.99. The third kappa shape index (κ3) is 3.51. The van der Waals surface area contributed by atoms with E-state index in [1.807, 2.05) is 32.0 Å². The first-order valence-electron chi connectivity index (χ1n) is 6.71. The summed E-state index contributed by atoms with van der Waals surface area (Å²) in [5.41, 5.74) is 3.12. The molecule has 1 aliphatic rings. The van der Waals surface area contributed by atoms with E-state index in [0.717, 1.165) is 16.7 Å². The van der Waals surface area contributed by atoms with Gasteiger partial charge in [0.1, 0.15) is 5.92 Å². The number of allylic oxidation sites excluding steroid dienone is 5. The molecule has 0 aliphatic heterocycles. The van der Waals surface area contributed by atoms with E-state index < -0.39 is 17.5 Å². The van der Waals surface area contributed by atoms with Crippen molar-refractivity contribution in [1.82, 2.24) is 0 Å². The molecular formula is C18H16O3. The Balaban J connectivity index is 2.19. The van der Waals surface area contributed by atoms with Crippen molar-refractivity contribution in [2.45, 2.75) is 13.8 Å². The van der Waals surface area contributed by atoms with Gasteiger partial charge in [-0.1, -0.05) is 48.1 Å². The van der Waals surface area contributed by atoms with Crippen LogP contribution >= 0.6 is 0 Å². The Bertz CT molecular complexity index is 690. The number of benzene rings is 1. The van der Waals surface area contributed by atoms with Gasteiger partial charge in [-0.15, -0.1) is 0 Å². The van der Waals surface area contributed by atoms with E-state index in [1.165, 1.54) is 24.3 Å². The highest BCUT2D eigenvalue weighted by Crippen LogP contribution is 2.14. The minimum atomic E-state index is -1.02. The molecule has 21 heavy (non-hydrogen) atoms. The fourth-order valence-corrected chi connectivity index (χ4v) is 2.15. The summed E-state index contributed by atoms with van der Waals surface area (Å²) in [6.07, 6.45) is 8.71. The Morgan fingerprint density at radius 2 is 1.90 bits per heavy atom. The standard InChI is InChI=1S/C18H16O3/c1-12-7-8-14(13(2)11-12)9-10-16(19)15-5-3-4-6-17(20)18(15)21/h3-11,15H,1-2H3/b10-9+. The van der Waals surface area contributed by atoms with Gasteiger partial charge in [-0.25, -0.2) is 0 Å². The van der Waals surface area contributed by atoms with Crippen molar-refractivity contribution in [1.29, 1.82) is 0 Å². The van der Waals surface area contributed by atoms with E-state index in [2.05, 4.69) is 0 Å². The highest BCUT2D eigenvalue weighted by molar-refractivity contribution is 6.46. The lowest BCUT2D eigenvalue weighted by molar-refractivity contribution is -0.138. The van der Waals surface area contributed by atoms with Crippen molar-refractivity contribution in [3.05, 3.63) is 65.3 Å². The van der Waals surface area contributed by atoms with Crippen molar-refractivity contribution in [3.63, 3.8) is 0 Å². The molecule has 0 radical (unpaired) electrons. The highest BCUT2D eigenvalue weighted by Gasteiger charge is 2.27. The number of rotatable bonds is 3. The second-order valence-corrected chi connectivity index (χ2v) is 5.05. The van der Waals surface area contributed by atoms with Gasteiger partial charge in [-0.05, 0) is 37.1 Å². The summed E-state index contributed by atoms with van der Waals surface area (Å²) < 4.78 is 0. The summed E-state index contributed by atoms with van der Waals surface area (Å²) in [5.74, 6) is -2.73. The lowest BCUT2D eigenvalue weighted by Crippen LogP contribution is -2.26. The largest absolute Gasteiger partial charge is 0.294 e. The predicted octanol–water partition coefficient (Wildman–Crippen LogP) is 2.77. The Morgan fingerprint density at radius 3 is 2.62 bits per heavy atom. The van der Waals surface area contributed by atoms with Gasteiger partial charge >= 0.3 is 0 Å². The number of ketones is 3. The van der Waals surface area contributed by atoms with Gasteiger partial charge in [0.25, 0.3) is 0 Å². The lowest BCUT2D eigenvalue weighted by Gasteiger charge is -2.05. The van der Waals surface area contributed by atoms with Gasteiger partial charge in [-0.3, -0.25) is 14.4 Å². The van der Waals surface area contributed by atoms with E-state index in [-0.39, 0.29) is 5.78 Å². The molecule has 1 aromatic rings. The van der Waals surface area contributed by atoms with Crippen LogP contribution in [-0.4, -0.2) is 17.3 Å². The molecule has 0 N–H and O–H groups in total. The predicted molar refractivity (Wildman–Crippen MR) is 81.7 cm³/mol. The smallest absolute Gasteiger partial charge is 0.222 e. The average Bonchev–Trinajstić information content (AvgIpc) is 2.60. The number of hydrogen-bond acceptors (Lipinski definition) is 3. The SMILES string of the molecule is Cc1ccc(/C=C/C(=O)C2C=CC=CC(=O)C2=O)c(C)c1. The van der Waals surface area contributed by atoms with E-state index in [9.17, 15) is 14.4 Å². The number of Topliss-reactive ketones (excluding diaryl/α,β-unsaturated/α-hetero) is 1. The van der Waals surface area contributed by atoms with Crippen molar-refractivity contribution < 1.29 is 14.4 Å². The Hall–Kier alpha value is -2.55. The maximum atomic E-state index is 12.1. The quantitative estimate of drug-likeness (QED) is 0.486. The molecule has 106 valence electrons. The molecule has 1 aromatic carbocycles. The summed E-state index contributed by atoms with van der Waals surface area (Å²) in [6.45, 7) is 3.96. The van der Waals surface area contributed by atoms with E-state index >= 15 is 0 Å². The van der Waals surface area contributed by atoms with E-state index in [1.54, 1.807) is 12.2 Å². The van der Waals surface area contributed by atoms with Gasteiger partial charge < -0.3 is 0 Å². The van der Waals surface area contributed by atoms with Crippen LogP contribution in [0.1, 0.15) is 16.7 Å². The number of hydrogen-bond donors (Lipinski definition) is 0. The van der Waals surface area contributed by atoms with Crippen LogP contribution in [0.4, 0.5) is 0 Å². The molecule has 2 rings (SSSR count). The van der Waals surface area contributed by atoms with Crippen LogP contribution in [0.15, 0.2) is 48.6 Å². The fraction of sp³-hybridized carbons (Fsp3) is 0.167. The third-order valence-corrected chi connectivity index (χ3v) is 3.35. The molecule has 0 saturated heterocycles. The van der Waals surface area contributed by atoms with Crippen molar-refractivity contribution >= 4 is 23.4 Å². The fourth-order valence-electron chi connectivity index (χ4n) is 2.15. The number of carbonyl (C=O) groups is 3. The minimum Gasteiger partial charge on any atom is -0.294 e. The maximum Gasteiger partial charge on any atom is 0.222 e. The maximum absolute atomic E-state index is 12.1. The van der Waals surface area contributed by atoms with Gasteiger partial charge in [0.2, 0.25) is 11.6 Å². The first kappa shape index (κ1) is 14.9. The summed E-state index contributed by atoms with van der Waals surface area (Å²) in [7, 11) is 0. The topological polar surface area (TPSA) is 51.2 Å². The van der Waals surface area contributed by atoms with Gasteiger partial charge in [0.15, 0.2) is 5.78 Å². The van der Waals surface area contributed by atoms with Gasteiger partial charge in [-0.2, -0.15) is 0 Å². The Morgan fingerprint density at radius 1 is 1.14 bits per heavy atom. The minimum absolute atomic E-state index is 0.381. The molecule has 0 saturated carbocycles. The summed E-state index contributed by atoms with van der Waals surface area (Å²) in [6, 6.07) is 5.90. The highest BCUT2D eigenvalue weighted by atomic mass is 16.2. The molecule has 0 amide bonds. The second kappa shape index (κ2) is 6.27. The van der Waals surface area contributed by atoms with Crippen LogP contribution in [-0.2, 0) is 14.4 Å². The number of carbonyl (C=O) groups excluding carboxylic acids is 3. The van der Waals surface area contributed by atoms with Crippen LogP contribution in [0, 0.1) is 19.8 Å². The summed E-state index contributed by atoms with van der Waals surface area (Å²) in [4.78, 5) is 35.4. The number of aryl methyl sites for hydroxylation is 2. The molecule has 0 heterocycles. The zero-order valence-corrected chi connectivity index (χ0v) is 12.0. The Labute approximate surface area is 123 Å². The molecule has 1 aliphatic carbocycles. The zero-order valence-electron chi connectivity index (χ0n) is 12.0. The molecule has 0 fully saturated rings. The van der Waals surface area contributed by atoms with Gasteiger partial charge in [0, 0.05) is 0 Å². The first-order valence-corrected chi connectivity index (χ1v) is 6.71. The molecule has 1 unspecified atom stereocenters.